The maximum absolute atomic E-state index is 5.89. The molecule has 2 atom stereocenters. The zero-order valence-corrected chi connectivity index (χ0v) is 15.9. The number of hydrogen-bond acceptors (Lipinski definition) is 5. The van der Waals surface area contributed by atoms with Gasteiger partial charge in [0.1, 0.15) is 17.0 Å². The summed E-state index contributed by atoms with van der Waals surface area (Å²) in [5.74, 6) is 1.03. The van der Waals surface area contributed by atoms with E-state index < -0.39 is 0 Å². The van der Waals surface area contributed by atoms with Crippen molar-refractivity contribution in [2.75, 3.05) is 18.0 Å². The first-order valence-corrected chi connectivity index (χ1v) is 9.61. The van der Waals surface area contributed by atoms with Crippen molar-refractivity contribution < 1.29 is 4.74 Å². The summed E-state index contributed by atoms with van der Waals surface area (Å²) in [6.07, 6.45) is 2.10. The van der Waals surface area contributed by atoms with Crippen LogP contribution in [0.5, 0.6) is 0 Å². The van der Waals surface area contributed by atoms with Gasteiger partial charge >= 0.3 is 0 Å². The molecule has 0 aliphatic carbocycles. The predicted octanol–water partition coefficient (Wildman–Crippen LogP) is 4.59. The molecule has 1 aliphatic rings. The molecule has 130 valence electrons. The summed E-state index contributed by atoms with van der Waals surface area (Å²) < 4.78 is 5.89. The second kappa shape index (κ2) is 6.39. The van der Waals surface area contributed by atoms with Crippen molar-refractivity contribution in [2.24, 2.45) is 0 Å². The van der Waals surface area contributed by atoms with E-state index in [1.54, 1.807) is 17.7 Å². The van der Waals surface area contributed by atoms with Gasteiger partial charge in [-0.2, -0.15) is 0 Å². The summed E-state index contributed by atoms with van der Waals surface area (Å²) in [4.78, 5) is 12.6. The molecule has 1 fully saturated rings. The molecular weight excluding hydrogens is 330 g/mol. The Labute approximate surface area is 152 Å². The number of nitrogens with zero attached hydrogens (tertiary/aromatic N) is 3. The van der Waals surface area contributed by atoms with Gasteiger partial charge in [-0.15, -0.1) is 11.3 Å². The number of morpholine rings is 1. The van der Waals surface area contributed by atoms with Gasteiger partial charge in [0.05, 0.1) is 17.6 Å². The van der Waals surface area contributed by atoms with Crippen LogP contribution in [0.3, 0.4) is 0 Å². The average Bonchev–Trinajstić information content (AvgIpc) is 3.00. The Morgan fingerprint density at radius 3 is 2.56 bits per heavy atom. The molecule has 5 heteroatoms. The summed E-state index contributed by atoms with van der Waals surface area (Å²) in [5.41, 5.74) is 5.09. The van der Waals surface area contributed by atoms with Crippen LogP contribution in [0.25, 0.3) is 21.3 Å². The van der Waals surface area contributed by atoms with Crippen molar-refractivity contribution in [3.8, 4) is 11.1 Å². The molecule has 0 N–H and O–H groups in total. The number of anilines is 1. The highest BCUT2D eigenvalue weighted by molar-refractivity contribution is 7.17. The van der Waals surface area contributed by atoms with Crippen LogP contribution >= 0.6 is 11.3 Å². The number of hydrogen-bond donors (Lipinski definition) is 0. The van der Waals surface area contributed by atoms with Crippen molar-refractivity contribution in [2.45, 2.75) is 39.9 Å². The van der Waals surface area contributed by atoms with Crippen LogP contribution in [-0.4, -0.2) is 35.3 Å². The Hall–Kier alpha value is -1.98. The molecule has 0 amide bonds. The molecule has 4 nitrogen and oxygen atoms in total. The van der Waals surface area contributed by atoms with E-state index in [0.29, 0.717) is 0 Å². The summed E-state index contributed by atoms with van der Waals surface area (Å²) >= 11 is 1.69. The molecule has 0 radical (unpaired) electrons. The van der Waals surface area contributed by atoms with E-state index in [1.165, 1.54) is 22.3 Å². The number of aryl methyl sites for hydroxylation is 2. The van der Waals surface area contributed by atoms with E-state index in [4.69, 9.17) is 4.74 Å². The van der Waals surface area contributed by atoms with Crippen LogP contribution in [-0.2, 0) is 4.74 Å². The van der Waals surface area contributed by atoms with Gasteiger partial charge in [-0.25, -0.2) is 9.97 Å². The summed E-state index contributed by atoms with van der Waals surface area (Å²) in [5, 5.41) is 3.37. The molecule has 25 heavy (non-hydrogen) atoms. The minimum Gasteiger partial charge on any atom is -0.372 e. The van der Waals surface area contributed by atoms with Crippen LogP contribution in [0.4, 0.5) is 5.82 Å². The van der Waals surface area contributed by atoms with E-state index >= 15 is 0 Å². The highest BCUT2D eigenvalue weighted by atomic mass is 32.1. The maximum Gasteiger partial charge on any atom is 0.141 e. The van der Waals surface area contributed by atoms with E-state index in [1.807, 2.05) is 0 Å². The lowest BCUT2D eigenvalue weighted by Gasteiger charge is -2.36. The molecule has 0 spiro atoms. The summed E-state index contributed by atoms with van der Waals surface area (Å²) in [6.45, 7) is 10.3. The number of ether oxygens (including phenoxy) is 1. The van der Waals surface area contributed by atoms with Crippen molar-refractivity contribution >= 4 is 27.4 Å². The first-order chi connectivity index (χ1) is 12.0. The SMILES string of the molecule is Cc1ccc(-c2csc3ncnc(N4C[C@@H](C)O[C@@H](C)C4)c23)cc1C. The minimum absolute atomic E-state index is 0.206. The third kappa shape index (κ3) is 3.02. The van der Waals surface area contributed by atoms with Crippen LogP contribution < -0.4 is 4.90 Å². The molecule has 0 unspecified atom stereocenters. The lowest BCUT2D eigenvalue weighted by Crippen LogP contribution is -2.45. The Kier molecular flexibility index (Phi) is 4.21. The number of rotatable bonds is 2. The maximum atomic E-state index is 5.89. The highest BCUT2D eigenvalue weighted by Crippen LogP contribution is 2.39. The smallest absolute Gasteiger partial charge is 0.141 e. The summed E-state index contributed by atoms with van der Waals surface area (Å²) in [7, 11) is 0. The standard InChI is InChI=1S/C20H23N3OS/c1-12-5-6-16(7-13(12)2)17-10-25-20-18(17)19(21-11-22-20)23-8-14(3)24-15(4)9-23/h5-7,10-11,14-15H,8-9H2,1-4H3/t14-,15+. The largest absolute Gasteiger partial charge is 0.372 e. The van der Waals surface area contributed by atoms with Crippen LogP contribution in [0.15, 0.2) is 29.9 Å². The van der Waals surface area contributed by atoms with Crippen LogP contribution in [0.1, 0.15) is 25.0 Å². The van der Waals surface area contributed by atoms with E-state index in [-0.39, 0.29) is 12.2 Å². The first-order valence-electron chi connectivity index (χ1n) is 8.73. The topological polar surface area (TPSA) is 38.2 Å². The molecule has 0 saturated carbocycles. The molecule has 1 aromatic carbocycles. The molecule has 0 bridgehead atoms. The first kappa shape index (κ1) is 16.5. The molecular formula is C20H23N3OS. The average molecular weight is 353 g/mol. The van der Waals surface area contributed by atoms with Crippen molar-refractivity contribution in [3.05, 3.63) is 41.0 Å². The summed E-state index contributed by atoms with van der Waals surface area (Å²) in [6, 6.07) is 6.65. The van der Waals surface area contributed by atoms with Gasteiger partial charge in [0.15, 0.2) is 0 Å². The second-order valence-electron chi connectivity index (χ2n) is 6.99. The van der Waals surface area contributed by atoms with Gasteiger partial charge in [0.25, 0.3) is 0 Å². The number of thiophene rings is 1. The Morgan fingerprint density at radius 1 is 1.08 bits per heavy atom. The van der Waals surface area contributed by atoms with Gasteiger partial charge in [-0.1, -0.05) is 18.2 Å². The monoisotopic (exact) mass is 353 g/mol. The van der Waals surface area contributed by atoms with Crippen LogP contribution in [0.2, 0.25) is 0 Å². The molecule has 1 aliphatic heterocycles. The zero-order valence-electron chi connectivity index (χ0n) is 15.1. The third-order valence-electron chi connectivity index (χ3n) is 4.89. The van der Waals surface area contributed by atoms with Gasteiger partial charge in [-0.05, 0) is 44.4 Å². The third-order valence-corrected chi connectivity index (χ3v) is 5.77. The quantitative estimate of drug-likeness (QED) is 0.675. The predicted molar refractivity (Wildman–Crippen MR) is 105 cm³/mol. The van der Waals surface area contributed by atoms with Gasteiger partial charge < -0.3 is 9.64 Å². The number of aromatic nitrogens is 2. The van der Waals surface area contributed by atoms with E-state index in [2.05, 4.69) is 66.1 Å². The molecule has 3 aromatic rings. The number of fused-ring (bicyclic) bond motifs is 1. The van der Waals surface area contributed by atoms with Gasteiger partial charge in [-0.3, -0.25) is 0 Å². The van der Waals surface area contributed by atoms with Crippen molar-refractivity contribution in [1.82, 2.24) is 9.97 Å². The van der Waals surface area contributed by atoms with Gasteiger partial charge in [0, 0.05) is 24.0 Å². The molecule has 1 saturated heterocycles. The molecule has 2 aromatic heterocycles. The van der Waals surface area contributed by atoms with E-state index in [9.17, 15) is 0 Å². The Balaban J connectivity index is 1.86. The van der Waals surface area contributed by atoms with Crippen LogP contribution in [0, 0.1) is 13.8 Å². The highest BCUT2D eigenvalue weighted by Gasteiger charge is 2.26. The fourth-order valence-electron chi connectivity index (χ4n) is 3.57. The van der Waals surface area contributed by atoms with E-state index in [0.717, 1.165) is 29.1 Å². The van der Waals surface area contributed by atoms with Crippen molar-refractivity contribution in [3.63, 3.8) is 0 Å². The fourth-order valence-corrected chi connectivity index (χ4v) is 4.48. The Bertz CT molecular complexity index is 910. The fraction of sp³-hybridized carbons (Fsp3) is 0.400. The van der Waals surface area contributed by atoms with Crippen molar-refractivity contribution in [1.29, 1.82) is 0 Å². The lowest BCUT2D eigenvalue weighted by molar-refractivity contribution is -0.00537. The lowest BCUT2D eigenvalue weighted by atomic mass is 10.0. The molecule has 4 rings (SSSR count). The normalized spacial score (nSPS) is 21.0. The zero-order chi connectivity index (χ0) is 17.6. The second-order valence-corrected chi connectivity index (χ2v) is 7.85. The molecule has 3 heterocycles. The minimum atomic E-state index is 0.206. The number of benzene rings is 1. The van der Waals surface area contributed by atoms with Gasteiger partial charge in [0.2, 0.25) is 0 Å². The Morgan fingerprint density at radius 2 is 1.84 bits per heavy atom.